The Labute approximate surface area is 267 Å². The Kier molecular flexibility index (Phi) is 9.54. The van der Waals surface area contributed by atoms with E-state index >= 15 is 0 Å². The Bertz CT molecular complexity index is 1640. The highest BCUT2D eigenvalue weighted by atomic mass is 16.5. The number of rotatable bonds is 8. The lowest BCUT2D eigenvalue weighted by atomic mass is 10.1. The van der Waals surface area contributed by atoms with Gasteiger partial charge in [0.15, 0.2) is 29.6 Å². The molecule has 0 unspecified atom stereocenters. The van der Waals surface area contributed by atoms with Gasteiger partial charge in [-0.2, -0.15) is 0 Å². The average molecular weight is 628 g/mol. The van der Waals surface area contributed by atoms with Crippen LogP contribution in [-0.2, 0) is 24.4 Å². The molecule has 1 fully saturated rings. The normalized spacial score (nSPS) is 18.4. The lowest BCUT2D eigenvalue weighted by molar-refractivity contribution is -0.123. The number of benzene rings is 3. The molecule has 0 radical (unpaired) electrons. The minimum absolute atomic E-state index is 0.220. The zero-order valence-corrected chi connectivity index (χ0v) is 25.8. The highest BCUT2D eigenvalue weighted by Crippen LogP contribution is 2.33. The number of fused-ring (bicyclic) bond motifs is 7. The maximum atomic E-state index is 13.6. The van der Waals surface area contributed by atoms with E-state index in [1.165, 1.54) is 7.11 Å². The standard InChI is InChI=1S/C34H37N5O7/c1-42-28-11-8-24-16-30(28)45-21-32(40)36-17-23-6-9-26(10-7-23)46-31-20-39(19-27(31)37-34(24)41)18-25-4-3-5-29(43-2)33(25)44-15-14-38-13-12-35-22-38/h3-13,16,22,27,31H,14-15,17-21H2,1-2H3,(H,36,40)(H,37,41)/t27-,31-/m0/s1. The number of imidazole rings is 1. The van der Waals surface area contributed by atoms with E-state index in [2.05, 4.69) is 20.5 Å². The summed E-state index contributed by atoms with van der Waals surface area (Å²) in [6.45, 7) is 2.87. The van der Waals surface area contributed by atoms with Gasteiger partial charge in [-0.3, -0.25) is 14.5 Å². The Morgan fingerprint density at radius 3 is 2.63 bits per heavy atom. The van der Waals surface area contributed by atoms with Gasteiger partial charge in [-0.15, -0.1) is 0 Å². The summed E-state index contributed by atoms with van der Waals surface area (Å²) < 4.78 is 31.5. The van der Waals surface area contributed by atoms with E-state index in [9.17, 15) is 9.59 Å². The van der Waals surface area contributed by atoms with Crippen LogP contribution in [0.2, 0.25) is 0 Å². The number of ether oxygens (including phenoxy) is 5. The number of nitrogens with one attached hydrogen (secondary N) is 2. The van der Waals surface area contributed by atoms with Gasteiger partial charge in [-0.25, -0.2) is 4.98 Å². The number of carbonyl (C=O) groups is 2. The number of likely N-dealkylation sites (tertiary alicyclic amines) is 1. The maximum Gasteiger partial charge on any atom is 0.258 e. The molecule has 240 valence electrons. The maximum absolute atomic E-state index is 13.6. The molecule has 0 spiro atoms. The molecule has 12 heteroatoms. The van der Waals surface area contributed by atoms with Crippen molar-refractivity contribution >= 4 is 11.8 Å². The molecule has 2 amide bonds. The third-order valence-corrected chi connectivity index (χ3v) is 7.97. The van der Waals surface area contributed by atoms with Gasteiger partial charge in [-0.05, 0) is 42.0 Å². The van der Waals surface area contributed by atoms with Gasteiger partial charge in [0.25, 0.3) is 11.8 Å². The quantitative estimate of drug-likeness (QED) is 0.303. The van der Waals surface area contributed by atoms with Crippen molar-refractivity contribution in [2.24, 2.45) is 0 Å². The van der Waals surface area contributed by atoms with Crippen molar-refractivity contribution in [3.05, 3.63) is 96.1 Å². The molecule has 3 aliphatic heterocycles. The van der Waals surface area contributed by atoms with Crippen molar-refractivity contribution in [3.63, 3.8) is 0 Å². The van der Waals surface area contributed by atoms with Gasteiger partial charge in [0.1, 0.15) is 18.5 Å². The molecule has 0 saturated carbocycles. The number of hydrogen-bond donors (Lipinski definition) is 2. The van der Waals surface area contributed by atoms with Crippen LogP contribution in [-0.4, -0.2) is 78.9 Å². The van der Waals surface area contributed by atoms with Crippen molar-refractivity contribution in [1.82, 2.24) is 25.1 Å². The second kappa shape index (κ2) is 14.2. The summed E-state index contributed by atoms with van der Waals surface area (Å²) >= 11 is 0. The summed E-state index contributed by atoms with van der Waals surface area (Å²) in [5.41, 5.74) is 2.26. The van der Waals surface area contributed by atoms with E-state index in [-0.39, 0.29) is 30.6 Å². The lowest BCUT2D eigenvalue weighted by Gasteiger charge is -2.21. The molecular weight excluding hydrogens is 590 g/mol. The molecule has 3 aromatic carbocycles. The van der Waals surface area contributed by atoms with Gasteiger partial charge in [0, 0.05) is 49.7 Å². The summed E-state index contributed by atoms with van der Waals surface area (Å²) in [6, 6.07) is 18.0. The van der Waals surface area contributed by atoms with Gasteiger partial charge in [0.2, 0.25) is 0 Å². The fourth-order valence-corrected chi connectivity index (χ4v) is 5.60. The SMILES string of the molecule is COc1ccc2cc1OCC(=O)NCc1ccc(cc1)O[C@H]1CN(Cc3cccc(OC)c3OCCn3ccnc3)C[C@@H]1NC2=O. The van der Waals surface area contributed by atoms with Crippen LogP contribution < -0.4 is 34.3 Å². The molecule has 46 heavy (non-hydrogen) atoms. The van der Waals surface area contributed by atoms with Gasteiger partial charge in [0.05, 0.1) is 33.1 Å². The Hall–Kier alpha value is -5.23. The van der Waals surface area contributed by atoms with E-state index in [4.69, 9.17) is 23.7 Å². The Morgan fingerprint density at radius 2 is 1.85 bits per heavy atom. The molecule has 4 heterocycles. The number of carbonyl (C=O) groups excluding carboxylic acids is 2. The number of hydrogen-bond acceptors (Lipinski definition) is 9. The van der Waals surface area contributed by atoms with Gasteiger partial charge < -0.3 is 38.9 Å². The number of para-hydroxylation sites is 1. The molecule has 1 saturated heterocycles. The zero-order valence-electron chi connectivity index (χ0n) is 25.8. The summed E-state index contributed by atoms with van der Waals surface area (Å²) in [6.07, 6.45) is 5.05. The van der Waals surface area contributed by atoms with Gasteiger partial charge >= 0.3 is 0 Å². The number of amides is 2. The van der Waals surface area contributed by atoms with Crippen molar-refractivity contribution in [3.8, 4) is 28.7 Å². The van der Waals surface area contributed by atoms with Crippen LogP contribution in [0.4, 0.5) is 0 Å². The molecule has 2 atom stereocenters. The molecular formula is C34H37N5O7. The Morgan fingerprint density at radius 1 is 1.00 bits per heavy atom. The fraction of sp³-hybridized carbons (Fsp3) is 0.324. The molecule has 2 N–H and O–H groups in total. The first kappa shape index (κ1) is 30.8. The topological polar surface area (TPSA) is 125 Å². The van der Waals surface area contributed by atoms with Crippen molar-refractivity contribution in [2.75, 3.05) is 40.5 Å². The molecule has 7 rings (SSSR count). The molecule has 4 bridgehead atoms. The average Bonchev–Trinajstić information content (AvgIpc) is 3.73. The number of methoxy groups -OCH3 is 2. The third kappa shape index (κ3) is 7.35. The highest BCUT2D eigenvalue weighted by Gasteiger charge is 2.36. The zero-order chi connectivity index (χ0) is 31.9. The van der Waals surface area contributed by atoms with E-state index < -0.39 is 0 Å². The number of nitrogens with zero attached hydrogens (tertiary/aromatic N) is 3. The van der Waals surface area contributed by atoms with Crippen LogP contribution in [0.1, 0.15) is 21.5 Å². The van der Waals surface area contributed by atoms with E-state index in [0.29, 0.717) is 73.6 Å². The second-order valence-electron chi connectivity index (χ2n) is 11.1. The van der Waals surface area contributed by atoms with E-state index in [0.717, 1.165) is 11.1 Å². The molecule has 12 nitrogen and oxygen atoms in total. The Balaban J connectivity index is 1.24. The lowest BCUT2D eigenvalue weighted by Crippen LogP contribution is -2.45. The summed E-state index contributed by atoms with van der Waals surface area (Å²) in [5.74, 6) is 2.16. The van der Waals surface area contributed by atoms with Gasteiger partial charge in [-0.1, -0.05) is 24.3 Å². The predicted molar refractivity (Wildman–Crippen MR) is 168 cm³/mol. The minimum atomic E-state index is -0.338. The number of aromatic nitrogens is 2. The van der Waals surface area contributed by atoms with Crippen molar-refractivity contribution in [1.29, 1.82) is 0 Å². The largest absolute Gasteiger partial charge is 0.493 e. The first-order chi connectivity index (χ1) is 22.5. The van der Waals surface area contributed by atoms with Crippen LogP contribution in [0, 0.1) is 0 Å². The van der Waals surface area contributed by atoms with Crippen LogP contribution in [0.25, 0.3) is 0 Å². The first-order valence-electron chi connectivity index (χ1n) is 15.1. The second-order valence-corrected chi connectivity index (χ2v) is 11.1. The van der Waals surface area contributed by atoms with Crippen molar-refractivity contribution < 1.29 is 33.3 Å². The van der Waals surface area contributed by atoms with Crippen LogP contribution >= 0.6 is 0 Å². The monoisotopic (exact) mass is 627 g/mol. The summed E-state index contributed by atoms with van der Waals surface area (Å²) in [4.78, 5) is 32.3. The van der Waals surface area contributed by atoms with E-state index in [1.54, 1.807) is 37.8 Å². The minimum Gasteiger partial charge on any atom is -0.493 e. The molecule has 4 aromatic rings. The summed E-state index contributed by atoms with van der Waals surface area (Å²) in [7, 11) is 3.14. The van der Waals surface area contributed by atoms with Crippen LogP contribution in [0.15, 0.2) is 79.4 Å². The third-order valence-electron chi connectivity index (χ3n) is 7.97. The highest BCUT2D eigenvalue weighted by molar-refractivity contribution is 5.95. The molecule has 3 aliphatic rings. The summed E-state index contributed by atoms with van der Waals surface area (Å²) in [5, 5.41) is 6.03. The van der Waals surface area contributed by atoms with E-state index in [1.807, 2.05) is 53.2 Å². The molecule has 1 aromatic heterocycles. The smallest absolute Gasteiger partial charge is 0.258 e. The predicted octanol–water partition coefficient (Wildman–Crippen LogP) is 3.05. The van der Waals surface area contributed by atoms with Crippen LogP contribution in [0.5, 0.6) is 28.7 Å². The van der Waals surface area contributed by atoms with Crippen LogP contribution in [0.3, 0.4) is 0 Å². The fourth-order valence-electron chi connectivity index (χ4n) is 5.60. The molecule has 0 aliphatic carbocycles. The first-order valence-corrected chi connectivity index (χ1v) is 15.1. The van der Waals surface area contributed by atoms with Crippen molar-refractivity contribution in [2.45, 2.75) is 31.8 Å².